The van der Waals surface area contributed by atoms with Crippen LogP contribution in [0.4, 0.5) is 0 Å². The summed E-state index contributed by atoms with van der Waals surface area (Å²) in [5, 5.41) is 3.07. The maximum Gasteiger partial charge on any atom is 0.242 e. The fourth-order valence-electron chi connectivity index (χ4n) is 2.66. The number of carbonyl (C=O) groups is 1. The van der Waals surface area contributed by atoms with Gasteiger partial charge in [-0.3, -0.25) is 4.79 Å². The molecule has 1 N–H and O–H groups in total. The van der Waals surface area contributed by atoms with Crippen molar-refractivity contribution in [2.24, 2.45) is 5.92 Å². The number of likely N-dealkylation sites (tertiary alicyclic amines) is 1. The molecule has 1 atom stereocenters. The summed E-state index contributed by atoms with van der Waals surface area (Å²) in [4.78, 5) is 18.5. The Morgan fingerprint density at radius 1 is 1.48 bits per heavy atom. The number of piperidine rings is 1. The zero-order valence-corrected chi connectivity index (χ0v) is 13.0. The molecule has 1 aromatic rings. The standard InChI is InChI=1S/C15H26N4O2/c1-13(19-8-5-16-12-19)15(20)17-11-14-3-6-18(7-4-14)9-10-21-2/h5,8,12-14H,3-4,6-7,9-11H2,1-2H3,(H,17,20)/t13-/m0/s1. The van der Waals surface area contributed by atoms with Crippen molar-refractivity contribution in [3.05, 3.63) is 18.7 Å². The highest BCUT2D eigenvalue weighted by molar-refractivity contribution is 5.79. The summed E-state index contributed by atoms with van der Waals surface area (Å²) in [6.07, 6.45) is 7.48. The number of ether oxygens (including phenoxy) is 1. The van der Waals surface area contributed by atoms with E-state index in [1.165, 1.54) is 0 Å². The van der Waals surface area contributed by atoms with E-state index in [9.17, 15) is 4.79 Å². The number of hydrogen-bond donors (Lipinski definition) is 1. The fourth-order valence-corrected chi connectivity index (χ4v) is 2.66. The summed E-state index contributed by atoms with van der Waals surface area (Å²) >= 11 is 0. The molecule has 0 spiro atoms. The van der Waals surface area contributed by atoms with Gasteiger partial charge in [-0.15, -0.1) is 0 Å². The largest absolute Gasteiger partial charge is 0.383 e. The van der Waals surface area contributed by atoms with Gasteiger partial charge >= 0.3 is 0 Å². The number of aromatic nitrogens is 2. The predicted octanol–water partition coefficient (Wildman–Crippen LogP) is 0.919. The average molecular weight is 294 g/mol. The molecule has 1 aromatic heterocycles. The van der Waals surface area contributed by atoms with Gasteiger partial charge in [0.05, 0.1) is 12.9 Å². The molecular weight excluding hydrogens is 268 g/mol. The third-order valence-corrected chi connectivity index (χ3v) is 4.24. The van der Waals surface area contributed by atoms with Gasteiger partial charge in [0.1, 0.15) is 6.04 Å². The van der Waals surface area contributed by atoms with E-state index in [1.807, 2.05) is 17.7 Å². The molecule has 0 aromatic carbocycles. The predicted molar refractivity (Wildman–Crippen MR) is 81.0 cm³/mol. The van der Waals surface area contributed by atoms with E-state index in [0.717, 1.165) is 45.6 Å². The number of methoxy groups -OCH3 is 1. The van der Waals surface area contributed by atoms with Crippen LogP contribution in [0, 0.1) is 5.92 Å². The summed E-state index contributed by atoms with van der Waals surface area (Å²) in [5.74, 6) is 0.651. The molecule has 1 saturated heterocycles. The van der Waals surface area contributed by atoms with Gasteiger partial charge in [-0.05, 0) is 38.8 Å². The van der Waals surface area contributed by atoms with Gasteiger partial charge in [0.15, 0.2) is 0 Å². The Kier molecular flexibility index (Phi) is 6.20. The van der Waals surface area contributed by atoms with Crippen LogP contribution >= 0.6 is 0 Å². The summed E-state index contributed by atoms with van der Waals surface area (Å²) in [7, 11) is 1.74. The lowest BCUT2D eigenvalue weighted by atomic mass is 9.96. The Morgan fingerprint density at radius 3 is 2.86 bits per heavy atom. The first-order chi connectivity index (χ1) is 10.2. The molecular formula is C15H26N4O2. The van der Waals surface area contributed by atoms with Crippen LogP contribution in [0.5, 0.6) is 0 Å². The second-order valence-electron chi connectivity index (χ2n) is 5.71. The Hall–Kier alpha value is -1.40. The highest BCUT2D eigenvalue weighted by Crippen LogP contribution is 2.16. The maximum absolute atomic E-state index is 12.1. The van der Waals surface area contributed by atoms with Crippen molar-refractivity contribution in [3.63, 3.8) is 0 Å². The van der Waals surface area contributed by atoms with Crippen LogP contribution in [0.1, 0.15) is 25.8 Å². The van der Waals surface area contributed by atoms with Crippen molar-refractivity contribution >= 4 is 5.91 Å². The lowest BCUT2D eigenvalue weighted by molar-refractivity contribution is -0.124. The smallest absolute Gasteiger partial charge is 0.242 e. The Labute approximate surface area is 126 Å². The minimum atomic E-state index is -0.200. The van der Waals surface area contributed by atoms with Crippen molar-refractivity contribution in [1.82, 2.24) is 19.8 Å². The van der Waals surface area contributed by atoms with Crippen molar-refractivity contribution in [1.29, 1.82) is 0 Å². The zero-order chi connectivity index (χ0) is 15.1. The minimum absolute atomic E-state index is 0.0646. The molecule has 1 fully saturated rings. The quantitative estimate of drug-likeness (QED) is 0.812. The molecule has 0 bridgehead atoms. The van der Waals surface area contributed by atoms with Gasteiger partial charge < -0.3 is 19.5 Å². The van der Waals surface area contributed by atoms with E-state index in [1.54, 1.807) is 19.6 Å². The van der Waals surface area contributed by atoms with Crippen LogP contribution < -0.4 is 5.32 Å². The lowest BCUT2D eigenvalue weighted by Crippen LogP contribution is -2.41. The first-order valence-corrected chi connectivity index (χ1v) is 7.67. The Morgan fingerprint density at radius 2 is 2.24 bits per heavy atom. The van der Waals surface area contributed by atoms with Gasteiger partial charge in [-0.1, -0.05) is 0 Å². The normalized spacial score (nSPS) is 18.6. The highest BCUT2D eigenvalue weighted by Gasteiger charge is 2.21. The van der Waals surface area contributed by atoms with Crippen molar-refractivity contribution in [2.75, 3.05) is 39.9 Å². The summed E-state index contributed by atoms with van der Waals surface area (Å²) < 4.78 is 6.93. The van der Waals surface area contributed by atoms with E-state index in [-0.39, 0.29) is 11.9 Å². The molecule has 0 unspecified atom stereocenters. The topological polar surface area (TPSA) is 59.4 Å². The molecule has 2 heterocycles. The molecule has 6 nitrogen and oxygen atoms in total. The van der Waals surface area contributed by atoms with Crippen molar-refractivity contribution < 1.29 is 9.53 Å². The van der Waals surface area contributed by atoms with Gasteiger partial charge in [0, 0.05) is 32.6 Å². The monoisotopic (exact) mass is 294 g/mol. The van der Waals surface area contributed by atoms with Gasteiger partial charge in [-0.25, -0.2) is 4.98 Å². The molecule has 118 valence electrons. The minimum Gasteiger partial charge on any atom is -0.383 e. The molecule has 0 aliphatic carbocycles. The third kappa shape index (κ3) is 4.82. The molecule has 1 amide bonds. The molecule has 1 aliphatic rings. The molecule has 6 heteroatoms. The van der Waals surface area contributed by atoms with Crippen LogP contribution in [-0.4, -0.2) is 60.3 Å². The average Bonchev–Trinajstić information content (AvgIpc) is 3.05. The van der Waals surface area contributed by atoms with Crippen LogP contribution in [0.2, 0.25) is 0 Å². The van der Waals surface area contributed by atoms with Gasteiger partial charge in [0.2, 0.25) is 5.91 Å². The van der Waals surface area contributed by atoms with E-state index in [0.29, 0.717) is 5.92 Å². The number of carbonyl (C=O) groups excluding carboxylic acids is 1. The van der Waals surface area contributed by atoms with Crippen LogP contribution in [0.3, 0.4) is 0 Å². The van der Waals surface area contributed by atoms with Crippen LogP contribution in [-0.2, 0) is 9.53 Å². The second-order valence-corrected chi connectivity index (χ2v) is 5.71. The molecule has 0 saturated carbocycles. The Balaban J connectivity index is 1.66. The lowest BCUT2D eigenvalue weighted by Gasteiger charge is -2.32. The maximum atomic E-state index is 12.1. The van der Waals surface area contributed by atoms with Gasteiger partial charge in [0.25, 0.3) is 0 Å². The fraction of sp³-hybridized carbons (Fsp3) is 0.733. The molecule has 2 rings (SSSR count). The van der Waals surface area contributed by atoms with Crippen molar-refractivity contribution in [3.8, 4) is 0 Å². The number of imidazole rings is 1. The number of rotatable bonds is 7. The molecule has 0 radical (unpaired) electrons. The second kappa shape index (κ2) is 8.14. The first kappa shape index (κ1) is 16.0. The molecule has 21 heavy (non-hydrogen) atoms. The summed E-state index contributed by atoms with van der Waals surface area (Å²) in [6.45, 7) is 6.67. The summed E-state index contributed by atoms with van der Waals surface area (Å²) in [5.41, 5.74) is 0. The SMILES string of the molecule is COCCN1CCC(CNC(=O)[C@H](C)n2ccnc2)CC1. The molecule has 1 aliphatic heterocycles. The third-order valence-electron chi connectivity index (χ3n) is 4.24. The van der Waals surface area contributed by atoms with Crippen LogP contribution in [0.25, 0.3) is 0 Å². The number of nitrogens with one attached hydrogen (secondary N) is 1. The van der Waals surface area contributed by atoms with Crippen LogP contribution in [0.15, 0.2) is 18.7 Å². The van der Waals surface area contributed by atoms with E-state index < -0.39 is 0 Å². The number of amides is 1. The Bertz CT molecular complexity index is 413. The first-order valence-electron chi connectivity index (χ1n) is 7.67. The number of hydrogen-bond acceptors (Lipinski definition) is 4. The van der Waals surface area contributed by atoms with Gasteiger partial charge in [-0.2, -0.15) is 0 Å². The van der Waals surface area contributed by atoms with E-state index in [2.05, 4.69) is 15.2 Å². The summed E-state index contributed by atoms with van der Waals surface area (Å²) in [6, 6.07) is -0.200. The van der Waals surface area contributed by atoms with E-state index in [4.69, 9.17) is 4.74 Å². The highest BCUT2D eigenvalue weighted by atomic mass is 16.5. The zero-order valence-electron chi connectivity index (χ0n) is 13.0. The van der Waals surface area contributed by atoms with Crippen molar-refractivity contribution in [2.45, 2.75) is 25.8 Å². The number of nitrogens with zero attached hydrogens (tertiary/aromatic N) is 3. The van der Waals surface area contributed by atoms with E-state index >= 15 is 0 Å².